The summed E-state index contributed by atoms with van der Waals surface area (Å²) >= 11 is 1.66. The fourth-order valence-corrected chi connectivity index (χ4v) is 3.74. The minimum absolute atomic E-state index is 0.0545. The Kier molecular flexibility index (Phi) is 3.80. The molecule has 0 aliphatic carbocycles. The summed E-state index contributed by atoms with van der Waals surface area (Å²) in [5.41, 5.74) is 0.809. The lowest BCUT2D eigenvalue weighted by Crippen LogP contribution is -2.31. The zero-order valence-corrected chi connectivity index (χ0v) is 13.4. The van der Waals surface area contributed by atoms with Crippen LogP contribution in [0.2, 0.25) is 0 Å². The van der Waals surface area contributed by atoms with E-state index < -0.39 is 0 Å². The Morgan fingerprint density at radius 3 is 2.95 bits per heavy atom. The molecular weight excluding hydrogens is 286 g/mol. The predicted octanol–water partition coefficient (Wildman–Crippen LogP) is 3.29. The van der Waals surface area contributed by atoms with Crippen LogP contribution in [0.25, 0.3) is 0 Å². The SMILES string of the molecule is CCc1nc(C2CCCN2C(=O)c2cc(C)sc2C)no1. The third kappa shape index (κ3) is 2.60. The minimum atomic E-state index is -0.0545. The van der Waals surface area contributed by atoms with Crippen molar-refractivity contribution in [1.29, 1.82) is 0 Å². The number of hydrogen-bond acceptors (Lipinski definition) is 5. The summed E-state index contributed by atoms with van der Waals surface area (Å²) in [4.78, 5) is 21.3. The Bertz CT molecular complexity index is 662. The predicted molar refractivity (Wildman–Crippen MR) is 80.5 cm³/mol. The van der Waals surface area contributed by atoms with E-state index in [-0.39, 0.29) is 11.9 Å². The first-order valence-corrected chi connectivity index (χ1v) is 8.12. The maximum atomic E-state index is 12.8. The van der Waals surface area contributed by atoms with Gasteiger partial charge in [-0.2, -0.15) is 4.98 Å². The topological polar surface area (TPSA) is 59.2 Å². The van der Waals surface area contributed by atoms with Gasteiger partial charge >= 0.3 is 0 Å². The maximum absolute atomic E-state index is 12.8. The summed E-state index contributed by atoms with van der Waals surface area (Å²) in [5.74, 6) is 1.36. The summed E-state index contributed by atoms with van der Waals surface area (Å²) in [5, 5.41) is 4.05. The van der Waals surface area contributed by atoms with Gasteiger partial charge in [-0.25, -0.2) is 0 Å². The van der Waals surface area contributed by atoms with Gasteiger partial charge in [0, 0.05) is 22.7 Å². The molecule has 1 amide bonds. The number of likely N-dealkylation sites (tertiary alicyclic amines) is 1. The van der Waals surface area contributed by atoms with Gasteiger partial charge in [0.05, 0.1) is 11.6 Å². The number of hydrogen-bond donors (Lipinski definition) is 0. The van der Waals surface area contributed by atoms with Crippen molar-refractivity contribution in [3.05, 3.63) is 33.1 Å². The molecule has 3 heterocycles. The van der Waals surface area contributed by atoms with Crippen LogP contribution in [-0.2, 0) is 6.42 Å². The van der Waals surface area contributed by atoms with E-state index in [1.54, 1.807) is 11.3 Å². The van der Waals surface area contributed by atoms with Crippen molar-refractivity contribution in [1.82, 2.24) is 15.0 Å². The molecule has 2 aromatic rings. The fourth-order valence-electron chi connectivity index (χ4n) is 2.82. The number of amides is 1. The second kappa shape index (κ2) is 5.60. The van der Waals surface area contributed by atoms with Gasteiger partial charge in [-0.1, -0.05) is 12.1 Å². The van der Waals surface area contributed by atoms with Crippen LogP contribution < -0.4 is 0 Å². The Morgan fingerprint density at radius 2 is 2.33 bits per heavy atom. The van der Waals surface area contributed by atoms with E-state index in [0.29, 0.717) is 11.7 Å². The Balaban J connectivity index is 1.86. The molecule has 0 saturated carbocycles. The molecule has 112 valence electrons. The molecule has 0 N–H and O–H groups in total. The van der Waals surface area contributed by atoms with Crippen LogP contribution in [0.1, 0.15) is 57.6 Å². The number of nitrogens with zero attached hydrogens (tertiary/aromatic N) is 3. The largest absolute Gasteiger partial charge is 0.339 e. The number of aromatic nitrogens is 2. The summed E-state index contributed by atoms with van der Waals surface area (Å²) in [7, 11) is 0. The van der Waals surface area contributed by atoms with E-state index in [1.807, 2.05) is 31.7 Å². The van der Waals surface area contributed by atoms with Crippen LogP contribution in [0, 0.1) is 13.8 Å². The van der Waals surface area contributed by atoms with Gasteiger partial charge in [-0.05, 0) is 32.8 Å². The molecule has 0 spiro atoms. The van der Waals surface area contributed by atoms with Gasteiger partial charge in [-0.15, -0.1) is 11.3 Å². The monoisotopic (exact) mass is 305 g/mol. The first kappa shape index (κ1) is 14.3. The molecule has 1 aliphatic heterocycles. The van der Waals surface area contributed by atoms with Crippen LogP contribution in [0.15, 0.2) is 10.6 Å². The van der Waals surface area contributed by atoms with Gasteiger partial charge in [0.1, 0.15) is 0 Å². The third-order valence-corrected chi connectivity index (χ3v) is 4.84. The molecule has 5 nitrogen and oxygen atoms in total. The van der Waals surface area contributed by atoms with Crippen LogP contribution in [0.5, 0.6) is 0 Å². The fraction of sp³-hybridized carbons (Fsp3) is 0.533. The number of carbonyl (C=O) groups is 1. The molecule has 1 fully saturated rings. The highest BCUT2D eigenvalue weighted by molar-refractivity contribution is 7.12. The summed E-state index contributed by atoms with van der Waals surface area (Å²) < 4.78 is 5.19. The van der Waals surface area contributed by atoms with E-state index in [0.717, 1.165) is 36.2 Å². The molecule has 1 saturated heterocycles. The zero-order chi connectivity index (χ0) is 15.0. The molecule has 1 atom stereocenters. The molecule has 0 radical (unpaired) electrons. The summed E-state index contributed by atoms with van der Waals surface area (Å²) in [6.07, 6.45) is 2.60. The van der Waals surface area contributed by atoms with Gasteiger partial charge in [-0.3, -0.25) is 4.79 Å². The van der Waals surface area contributed by atoms with Crippen LogP contribution in [-0.4, -0.2) is 27.5 Å². The molecule has 1 aliphatic rings. The van der Waals surface area contributed by atoms with Crippen molar-refractivity contribution in [2.75, 3.05) is 6.54 Å². The Morgan fingerprint density at radius 1 is 1.52 bits per heavy atom. The van der Waals surface area contributed by atoms with E-state index >= 15 is 0 Å². The van der Waals surface area contributed by atoms with Crippen LogP contribution in [0.3, 0.4) is 0 Å². The highest BCUT2D eigenvalue weighted by atomic mass is 32.1. The Labute approximate surface area is 128 Å². The lowest BCUT2D eigenvalue weighted by Gasteiger charge is -2.22. The zero-order valence-electron chi connectivity index (χ0n) is 12.5. The lowest BCUT2D eigenvalue weighted by molar-refractivity contribution is 0.0728. The highest BCUT2D eigenvalue weighted by Crippen LogP contribution is 2.33. The molecule has 6 heteroatoms. The van der Waals surface area contributed by atoms with Gasteiger partial charge < -0.3 is 9.42 Å². The minimum Gasteiger partial charge on any atom is -0.339 e. The van der Waals surface area contributed by atoms with Crippen molar-refractivity contribution in [3.63, 3.8) is 0 Å². The maximum Gasteiger partial charge on any atom is 0.255 e. The first-order chi connectivity index (χ1) is 10.1. The number of thiophene rings is 1. The van der Waals surface area contributed by atoms with E-state index in [2.05, 4.69) is 10.1 Å². The summed E-state index contributed by atoms with van der Waals surface area (Å²) in [6, 6.07) is 1.92. The number of aryl methyl sites for hydroxylation is 3. The van der Waals surface area contributed by atoms with E-state index in [9.17, 15) is 4.79 Å². The summed E-state index contributed by atoms with van der Waals surface area (Å²) in [6.45, 7) is 6.77. The van der Waals surface area contributed by atoms with Crippen LogP contribution in [0.4, 0.5) is 0 Å². The smallest absolute Gasteiger partial charge is 0.255 e. The molecule has 0 bridgehead atoms. The van der Waals surface area contributed by atoms with Crippen molar-refractivity contribution in [3.8, 4) is 0 Å². The number of rotatable bonds is 3. The standard InChI is InChI=1S/C15H19N3O2S/c1-4-13-16-14(17-20-13)12-6-5-7-18(12)15(19)11-8-9(2)21-10(11)3/h8,12H,4-7H2,1-3H3. The van der Waals surface area contributed by atoms with Crippen molar-refractivity contribution in [2.24, 2.45) is 0 Å². The molecule has 0 aromatic carbocycles. The van der Waals surface area contributed by atoms with Crippen molar-refractivity contribution < 1.29 is 9.32 Å². The molecule has 3 rings (SSSR count). The molecule has 1 unspecified atom stereocenters. The van der Waals surface area contributed by atoms with E-state index in [1.165, 1.54) is 4.88 Å². The molecule has 2 aromatic heterocycles. The van der Waals surface area contributed by atoms with Crippen molar-refractivity contribution >= 4 is 17.2 Å². The third-order valence-electron chi connectivity index (χ3n) is 3.87. The second-order valence-electron chi connectivity index (χ2n) is 5.38. The van der Waals surface area contributed by atoms with E-state index in [4.69, 9.17) is 4.52 Å². The van der Waals surface area contributed by atoms with Crippen LogP contribution >= 0.6 is 11.3 Å². The Hall–Kier alpha value is -1.69. The molecular formula is C15H19N3O2S. The lowest BCUT2D eigenvalue weighted by atomic mass is 10.1. The number of carbonyl (C=O) groups excluding carboxylic acids is 1. The van der Waals surface area contributed by atoms with Gasteiger partial charge in [0.25, 0.3) is 5.91 Å². The average Bonchev–Trinajstić information content (AvgIpc) is 3.15. The van der Waals surface area contributed by atoms with Gasteiger partial charge in [0.15, 0.2) is 5.82 Å². The quantitative estimate of drug-likeness (QED) is 0.873. The molecule has 21 heavy (non-hydrogen) atoms. The average molecular weight is 305 g/mol. The first-order valence-electron chi connectivity index (χ1n) is 7.30. The normalized spacial score (nSPS) is 18.4. The highest BCUT2D eigenvalue weighted by Gasteiger charge is 2.34. The second-order valence-corrected chi connectivity index (χ2v) is 6.84. The van der Waals surface area contributed by atoms with Crippen molar-refractivity contribution in [2.45, 2.75) is 46.1 Å². The van der Waals surface area contributed by atoms with Gasteiger partial charge in [0.2, 0.25) is 5.89 Å².